The number of methoxy groups -OCH3 is 1. The zero-order valence-electron chi connectivity index (χ0n) is 11.1. The molecule has 1 aromatic carbocycles. The van der Waals surface area contributed by atoms with Gasteiger partial charge in [0.2, 0.25) is 0 Å². The molecular formula is C13H17BrN2O4. The normalized spacial score (nSPS) is 10.1. The maximum absolute atomic E-state index is 11.7. The Bertz CT molecular complexity index is 459. The van der Waals surface area contributed by atoms with E-state index in [1.807, 2.05) is 0 Å². The van der Waals surface area contributed by atoms with Gasteiger partial charge in [-0.05, 0) is 24.6 Å². The molecule has 0 radical (unpaired) electrons. The van der Waals surface area contributed by atoms with Crippen LogP contribution in [0.25, 0.3) is 0 Å². The highest BCUT2D eigenvalue weighted by atomic mass is 79.9. The van der Waals surface area contributed by atoms with Gasteiger partial charge >= 0.3 is 5.97 Å². The van der Waals surface area contributed by atoms with E-state index < -0.39 is 5.97 Å². The minimum Gasteiger partial charge on any atom is -0.452 e. The van der Waals surface area contributed by atoms with E-state index >= 15 is 0 Å². The molecule has 20 heavy (non-hydrogen) atoms. The van der Waals surface area contributed by atoms with Crippen molar-refractivity contribution in [3.05, 3.63) is 28.2 Å². The Kier molecular flexibility index (Phi) is 7.03. The van der Waals surface area contributed by atoms with Crippen LogP contribution in [0.2, 0.25) is 0 Å². The molecule has 6 nitrogen and oxygen atoms in total. The second-order valence-electron chi connectivity index (χ2n) is 4.05. The molecule has 110 valence electrons. The first kappa shape index (κ1) is 16.5. The SMILES string of the molecule is COCCCNC(=O)COC(=O)c1cc(N)cc(Br)c1. The van der Waals surface area contributed by atoms with Crippen LogP contribution in [-0.2, 0) is 14.3 Å². The Balaban J connectivity index is 2.37. The first-order chi connectivity index (χ1) is 9.52. The summed E-state index contributed by atoms with van der Waals surface area (Å²) in [6.45, 7) is 0.726. The van der Waals surface area contributed by atoms with Crippen LogP contribution in [-0.4, -0.2) is 38.7 Å². The molecule has 0 fully saturated rings. The Morgan fingerprint density at radius 3 is 2.75 bits per heavy atom. The number of nitrogens with one attached hydrogen (secondary N) is 1. The van der Waals surface area contributed by atoms with Crippen molar-refractivity contribution >= 4 is 33.5 Å². The van der Waals surface area contributed by atoms with Crippen molar-refractivity contribution < 1.29 is 19.1 Å². The number of amides is 1. The molecule has 7 heteroatoms. The van der Waals surface area contributed by atoms with Crippen LogP contribution < -0.4 is 11.1 Å². The van der Waals surface area contributed by atoms with Gasteiger partial charge in [-0.2, -0.15) is 0 Å². The predicted octanol–water partition coefficient (Wildman–Crippen LogP) is 1.34. The number of carbonyl (C=O) groups excluding carboxylic acids is 2. The average molecular weight is 345 g/mol. The van der Waals surface area contributed by atoms with Crippen molar-refractivity contribution in [2.24, 2.45) is 0 Å². The van der Waals surface area contributed by atoms with Gasteiger partial charge in [0.15, 0.2) is 6.61 Å². The van der Waals surface area contributed by atoms with E-state index in [-0.39, 0.29) is 12.5 Å². The quantitative estimate of drug-likeness (QED) is 0.442. The first-order valence-electron chi connectivity index (χ1n) is 6.01. The van der Waals surface area contributed by atoms with Crippen LogP contribution in [0.3, 0.4) is 0 Å². The number of nitrogen functional groups attached to an aromatic ring is 1. The minimum absolute atomic E-state index is 0.295. The summed E-state index contributed by atoms with van der Waals surface area (Å²) in [5, 5.41) is 2.62. The fourth-order valence-electron chi connectivity index (χ4n) is 1.44. The standard InChI is InChI=1S/C13H17BrN2O4/c1-19-4-2-3-16-12(17)8-20-13(18)9-5-10(14)7-11(15)6-9/h5-7H,2-4,8,15H2,1H3,(H,16,17). The maximum atomic E-state index is 11.7. The Labute approximate surface area is 125 Å². The second-order valence-corrected chi connectivity index (χ2v) is 4.96. The van der Waals surface area contributed by atoms with E-state index in [0.717, 1.165) is 0 Å². The molecule has 0 aliphatic rings. The summed E-state index contributed by atoms with van der Waals surface area (Å²) >= 11 is 3.23. The van der Waals surface area contributed by atoms with E-state index in [0.29, 0.717) is 35.3 Å². The Morgan fingerprint density at radius 1 is 1.35 bits per heavy atom. The molecular weight excluding hydrogens is 328 g/mol. The third-order valence-electron chi connectivity index (χ3n) is 2.34. The van der Waals surface area contributed by atoms with Gasteiger partial charge in [0.05, 0.1) is 5.56 Å². The predicted molar refractivity (Wildman–Crippen MR) is 78.3 cm³/mol. The lowest BCUT2D eigenvalue weighted by Crippen LogP contribution is -2.30. The van der Waals surface area contributed by atoms with Crippen LogP contribution >= 0.6 is 15.9 Å². The van der Waals surface area contributed by atoms with Crippen molar-refractivity contribution in [1.29, 1.82) is 0 Å². The monoisotopic (exact) mass is 344 g/mol. The summed E-state index contributed by atoms with van der Waals surface area (Å²) in [5.41, 5.74) is 6.35. The molecule has 0 bridgehead atoms. The molecule has 0 saturated carbocycles. The number of benzene rings is 1. The smallest absolute Gasteiger partial charge is 0.338 e. The highest BCUT2D eigenvalue weighted by molar-refractivity contribution is 9.10. The number of halogens is 1. The van der Waals surface area contributed by atoms with Gasteiger partial charge < -0.3 is 20.5 Å². The molecule has 0 aliphatic carbocycles. The van der Waals surface area contributed by atoms with Gasteiger partial charge in [-0.25, -0.2) is 4.79 Å². The van der Waals surface area contributed by atoms with Gasteiger partial charge in [0, 0.05) is 30.4 Å². The van der Waals surface area contributed by atoms with Gasteiger partial charge in [-0.1, -0.05) is 15.9 Å². The number of anilines is 1. The summed E-state index contributed by atoms with van der Waals surface area (Å²) in [6, 6.07) is 4.73. The lowest BCUT2D eigenvalue weighted by atomic mass is 10.2. The van der Waals surface area contributed by atoms with Crippen LogP contribution in [0.1, 0.15) is 16.8 Å². The summed E-state index contributed by atoms with van der Waals surface area (Å²) < 4.78 is 10.4. The summed E-state index contributed by atoms with van der Waals surface area (Å²) in [4.78, 5) is 23.1. The van der Waals surface area contributed by atoms with Crippen molar-refractivity contribution in [3.8, 4) is 0 Å². The number of carbonyl (C=O) groups is 2. The van der Waals surface area contributed by atoms with Gasteiger partial charge in [-0.3, -0.25) is 4.79 Å². The largest absolute Gasteiger partial charge is 0.452 e. The number of nitrogens with two attached hydrogens (primary N) is 1. The highest BCUT2D eigenvalue weighted by Gasteiger charge is 2.11. The molecule has 1 rings (SSSR count). The van der Waals surface area contributed by atoms with Crippen LogP contribution in [0.5, 0.6) is 0 Å². The fourth-order valence-corrected chi connectivity index (χ4v) is 1.95. The fraction of sp³-hybridized carbons (Fsp3) is 0.385. The van der Waals surface area contributed by atoms with Crippen LogP contribution in [0, 0.1) is 0 Å². The van der Waals surface area contributed by atoms with Crippen molar-refractivity contribution in [2.45, 2.75) is 6.42 Å². The van der Waals surface area contributed by atoms with Gasteiger partial charge in [0.1, 0.15) is 0 Å². The number of hydrogen-bond acceptors (Lipinski definition) is 5. The molecule has 0 atom stereocenters. The molecule has 0 saturated heterocycles. The molecule has 0 aromatic heterocycles. The molecule has 1 amide bonds. The third-order valence-corrected chi connectivity index (χ3v) is 2.80. The third kappa shape index (κ3) is 6.03. The molecule has 0 heterocycles. The summed E-state index contributed by atoms with van der Waals surface area (Å²) in [7, 11) is 1.59. The number of hydrogen-bond donors (Lipinski definition) is 2. The Hall–Kier alpha value is -1.60. The number of rotatable bonds is 7. The van der Waals surface area contributed by atoms with Crippen molar-refractivity contribution in [3.63, 3.8) is 0 Å². The second kappa shape index (κ2) is 8.55. The number of ether oxygens (including phenoxy) is 2. The highest BCUT2D eigenvalue weighted by Crippen LogP contribution is 2.17. The maximum Gasteiger partial charge on any atom is 0.338 e. The van der Waals surface area contributed by atoms with E-state index in [1.165, 1.54) is 6.07 Å². The molecule has 0 spiro atoms. The molecule has 0 unspecified atom stereocenters. The first-order valence-corrected chi connectivity index (χ1v) is 6.81. The van der Waals surface area contributed by atoms with Gasteiger partial charge in [-0.15, -0.1) is 0 Å². The summed E-state index contributed by atoms with van der Waals surface area (Å²) in [5.74, 6) is -0.942. The lowest BCUT2D eigenvalue weighted by molar-refractivity contribution is -0.124. The van der Waals surface area contributed by atoms with E-state index in [1.54, 1.807) is 19.2 Å². The molecule has 1 aromatic rings. The summed E-state index contributed by atoms with van der Waals surface area (Å²) in [6.07, 6.45) is 0.707. The van der Waals surface area contributed by atoms with E-state index in [9.17, 15) is 9.59 Å². The number of esters is 1. The molecule has 0 aliphatic heterocycles. The van der Waals surface area contributed by atoms with Crippen LogP contribution in [0.4, 0.5) is 5.69 Å². The van der Waals surface area contributed by atoms with Crippen molar-refractivity contribution in [2.75, 3.05) is 32.6 Å². The average Bonchev–Trinajstić information content (AvgIpc) is 2.40. The van der Waals surface area contributed by atoms with Crippen molar-refractivity contribution in [1.82, 2.24) is 5.32 Å². The zero-order chi connectivity index (χ0) is 15.0. The lowest BCUT2D eigenvalue weighted by Gasteiger charge is -2.07. The van der Waals surface area contributed by atoms with E-state index in [2.05, 4.69) is 21.2 Å². The van der Waals surface area contributed by atoms with E-state index in [4.69, 9.17) is 15.2 Å². The zero-order valence-corrected chi connectivity index (χ0v) is 12.7. The topological polar surface area (TPSA) is 90.6 Å². The Morgan fingerprint density at radius 2 is 2.10 bits per heavy atom. The minimum atomic E-state index is -0.593. The molecule has 3 N–H and O–H groups in total. The van der Waals surface area contributed by atoms with Gasteiger partial charge in [0.25, 0.3) is 5.91 Å². The van der Waals surface area contributed by atoms with Crippen LogP contribution in [0.15, 0.2) is 22.7 Å².